The average Bonchev–Trinajstić information content (AvgIpc) is 3.18. The number of carbonyl (C=O) groups is 1. The molecule has 1 amide bonds. The van der Waals surface area contributed by atoms with Gasteiger partial charge >= 0.3 is 0 Å². The van der Waals surface area contributed by atoms with Gasteiger partial charge in [-0.2, -0.15) is 0 Å². The minimum Gasteiger partial charge on any atom is -0.314 e. The molecule has 1 aliphatic heterocycles. The Kier molecular flexibility index (Phi) is 4.69. The number of amides is 1. The molecule has 0 saturated carbocycles. The second-order valence-electron chi connectivity index (χ2n) is 7.18. The summed E-state index contributed by atoms with van der Waals surface area (Å²) in [6.45, 7) is 6.81. The molecule has 4 heterocycles. The number of thiophene rings is 1. The van der Waals surface area contributed by atoms with Gasteiger partial charge in [0.15, 0.2) is 11.5 Å². The number of hydrogen-bond acceptors (Lipinski definition) is 5. The molecule has 1 aliphatic rings. The van der Waals surface area contributed by atoms with E-state index < -0.39 is 11.7 Å². The molecule has 4 rings (SSSR count). The fourth-order valence-corrected chi connectivity index (χ4v) is 4.75. The van der Waals surface area contributed by atoms with Crippen molar-refractivity contribution in [3.63, 3.8) is 0 Å². The Bertz CT molecular complexity index is 1010. The van der Waals surface area contributed by atoms with Gasteiger partial charge in [0.1, 0.15) is 10.7 Å². The van der Waals surface area contributed by atoms with Crippen LogP contribution < -0.4 is 10.6 Å². The van der Waals surface area contributed by atoms with Gasteiger partial charge < -0.3 is 15.0 Å². The number of anilines is 1. The topological polar surface area (TPSA) is 71.3 Å². The molecule has 0 aromatic carbocycles. The Hall–Kier alpha value is -2.32. The lowest BCUT2D eigenvalue weighted by Crippen LogP contribution is -2.34. The van der Waals surface area contributed by atoms with Crippen molar-refractivity contribution < 1.29 is 9.18 Å². The largest absolute Gasteiger partial charge is 0.314 e. The van der Waals surface area contributed by atoms with Gasteiger partial charge in [0.05, 0.1) is 17.6 Å². The summed E-state index contributed by atoms with van der Waals surface area (Å²) in [4.78, 5) is 22.4. The number of rotatable bonds is 3. The maximum atomic E-state index is 14.4. The van der Waals surface area contributed by atoms with Crippen LogP contribution in [0.5, 0.6) is 0 Å². The normalized spacial score (nSPS) is 20.1. The monoisotopic (exact) mass is 387 g/mol. The highest BCUT2D eigenvalue weighted by atomic mass is 32.1. The maximum absolute atomic E-state index is 14.4. The quantitative estimate of drug-likeness (QED) is 0.720. The fourth-order valence-electron chi connectivity index (χ4n) is 3.67. The molecule has 0 spiro atoms. The Balaban J connectivity index is 1.56. The first-order valence-corrected chi connectivity index (χ1v) is 9.89. The van der Waals surface area contributed by atoms with Crippen molar-refractivity contribution in [3.8, 4) is 0 Å². The minimum absolute atomic E-state index is 0.110. The third-order valence-corrected chi connectivity index (χ3v) is 6.18. The van der Waals surface area contributed by atoms with Crippen molar-refractivity contribution in [1.82, 2.24) is 19.7 Å². The first-order valence-electron chi connectivity index (χ1n) is 9.07. The molecule has 3 aromatic heterocycles. The molecule has 3 aromatic rings. The summed E-state index contributed by atoms with van der Waals surface area (Å²) in [7, 11) is 0. The summed E-state index contributed by atoms with van der Waals surface area (Å²) in [6.07, 6.45) is 5.48. The number of nitrogens with zero attached hydrogens (tertiary/aromatic N) is 3. The van der Waals surface area contributed by atoms with E-state index in [4.69, 9.17) is 0 Å². The van der Waals surface area contributed by atoms with Crippen molar-refractivity contribution in [3.05, 3.63) is 45.4 Å². The zero-order chi connectivity index (χ0) is 19.1. The summed E-state index contributed by atoms with van der Waals surface area (Å²) in [5, 5.41) is 6.12. The standard InChI is InChI=1S/C19H22FN5OS/c1-10-6-13(4-5-21-10)15-7-14(20)17(27-15)19(26)24-16-9-25-8-11(2)22-12(3)18(25)23-16/h7-10,13,21H,4-6H2,1-3H3,(H,24,26). The predicted octanol–water partition coefficient (Wildman–Crippen LogP) is 3.65. The maximum Gasteiger partial charge on any atom is 0.269 e. The van der Waals surface area contributed by atoms with Crippen molar-refractivity contribution in [1.29, 1.82) is 0 Å². The van der Waals surface area contributed by atoms with Gasteiger partial charge in [-0.1, -0.05) is 0 Å². The summed E-state index contributed by atoms with van der Waals surface area (Å²) in [5.74, 6) is -0.234. The third-order valence-electron chi connectivity index (χ3n) is 4.91. The number of halogens is 1. The number of carbonyl (C=O) groups excluding carboxylic acids is 1. The molecule has 8 heteroatoms. The molecule has 1 saturated heterocycles. The van der Waals surface area contributed by atoms with Crippen LogP contribution in [0, 0.1) is 19.7 Å². The van der Waals surface area contributed by atoms with E-state index in [2.05, 4.69) is 27.5 Å². The van der Waals surface area contributed by atoms with Crippen molar-refractivity contribution >= 4 is 28.7 Å². The Labute approximate surface area is 160 Å². The highest BCUT2D eigenvalue weighted by Crippen LogP contribution is 2.34. The molecule has 0 aliphatic carbocycles. The zero-order valence-corrected chi connectivity index (χ0v) is 16.4. The molecule has 6 nitrogen and oxygen atoms in total. The smallest absolute Gasteiger partial charge is 0.269 e. The van der Waals surface area contributed by atoms with Crippen LogP contribution >= 0.6 is 11.3 Å². The van der Waals surface area contributed by atoms with Gasteiger partial charge in [0, 0.05) is 17.1 Å². The van der Waals surface area contributed by atoms with Gasteiger partial charge in [-0.25, -0.2) is 9.37 Å². The summed E-state index contributed by atoms with van der Waals surface area (Å²) >= 11 is 1.25. The van der Waals surface area contributed by atoms with Gasteiger partial charge in [-0.15, -0.1) is 11.3 Å². The van der Waals surface area contributed by atoms with E-state index in [1.54, 1.807) is 6.20 Å². The number of piperidine rings is 1. The van der Waals surface area contributed by atoms with E-state index in [-0.39, 0.29) is 4.88 Å². The van der Waals surface area contributed by atoms with Crippen LogP contribution in [0.1, 0.15) is 51.6 Å². The van der Waals surface area contributed by atoms with Crippen LogP contribution in [0.15, 0.2) is 18.5 Å². The van der Waals surface area contributed by atoms with Crippen LogP contribution in [0.25, 0.3) is 5.65 Å². The lowest BCUT2D eigenvalue weighted by atomic mass is 9.92. The second kappa shape index (κ2) is 7.01. The number of hydrogen-bond donors (Lipinski definition) is 2. The molecule has 2 N–H and O–H groups in total. The number of nitrogens with one attached hydrogen (secondary N) is 2. The SMILES string of the molecule is Cc1cn2cc(NC(=O)c3sc(C4CCNC(C)C4)cc3F)nc2c(C)n1. The van der Waals surface area contributed by atoms with E-state index in [9.17, 15) is 9.18 Å². The molecular formula is C19H22FN5OS. The van der Waals surface area contributed by atoms with Gasteiger partial charge in [0.25, 0.3) is 5.91 Å². The zero-order valence-electron chi connectivity index (χ0n) is 15.5. The van der Waals surface area contributed by atoms with E-state index in [1.807, 2.05) is 24.4 Å². The molecule has 0 bridgehead atoms. The Morgan fingerprint density at radius 2 is 2.19 bits per heavy atom. The molecule has 142 valence electrons. The van der Waals surface area contributed by atoms with Crippen LogP contribution in [0.2, 0.25) is 0 Å². The second-order valence-corrected chi connectivity index (χ2v) is 8.26. The van der Waals surface area contributed by atoms with Crippen LogP contribution in [-0.2, 0) is 0 Å². The molecule has 2 unspecified atom stereocenters. The fraction of sp³-hybridized carbons (Fsp3) is 0.421. The van der Waals surface area contributed by atoms with Crippen molar-refractivity contribution in [2.24, 2.45) is 0 Å². The van der Waals surface area contributed by atoms with Crippen LogP contribution in [0.4, 0.5) is 10.2 Å². The molecular weight excluding hydrogens is 365 g/mol. The summed E-state index contributed by atoms with van der Waals surface area (Å²) < 4.78 is 16.3. The van der Waals surface area contributed by atoms with Crippen molar-refractivity contribution in [2.45, 2.75) is 45.6 Å². The number of imidazole rings is 1. The van der Waals surface area contributed by atoms with E-state index >= 15 is 0 Å². The number of aryl methyl sites for hydroxylation is 2. The lowest BCUT2D eigenvalue weighted by Gasteiger charge is -2.27. The van der Waals surface area contributed by atoms with Gasteiger partial charge in [-0.3, -0.25) is 9.78 Å². The van der Waals surface area contributed by atoms with Crippen molar-refractivity contribution in [2.75, 3.05) is 11.9 Å². The Morgan fingerprint density at radius 1 is 1.37 bits per heavy atom. The van der Waals surface area contributed by atoms with E-state index in [0.29, 0.717) is 23.4 Å². The first kappa shape index (κ1) is 18.1. The molecule has 27 heavy (non-hydrogen) atoms. The Morgan fingerprint density at radius 3 is 2.96 bits per heavy atom. The van der Waals surface area contributed by atoms with Crippen LogP contribution in [0.3, 0.4) is 0 Å². The highest BCUT2D eigenvalue weighted by Gasteiger charge is 2.25. The summed E-state index contributed by atoms with van der Waals surface area (Å²) in [6, 6.07) is 1.92. The molecule has 0 radical (unpaired) electrons. The van der Waals surface area contributed by atoms with E-state index in [1.165, 1.54) is 17.4 Å². The van der Waals surface area contributed by atoms with Crippen LogP contribution in [-0.4, -0.2) is 32.9 Å². The lowest BCUT2D eigenvalue weighted by molar-refractivity contribution is 0.102. The minimum atomic E-state index is -0.462. The third kappa shape index (κ3) is 3.59. The molecule has 1 fully saturated rings. The van der Waals surface area contributed by atoms with E-state index in [0.717, 1.165) is 35.7 Å². The number of aromatic nitrogens is 3. The predicted molar refractivity (Wildman–Crippen MR) is 104 cm³/mol. The van der Waals surface area contributed by atoms with Gasteiger partial charge in [-0.05, 0) is 52.1 Å². The molecule has 2 atom stereocenters. The highest BCUT2D eigenvalue weighted by molar-refractivity contribution is 7.14. The van der Waals surface area contributed by atoms with Gasteiger partial charge in [0.2, 0.25) is 0 Å². The summed E-state index contributed by atoms with van der Waals surface area (Å²) in [5.41, 5.74) is 2.31. The first-order chi connectivity index (χ1) is 12.9. The average molecular weight is 387 g/mol. The number of fused-ring (bicyclic) bond motifs is 1.